The monoisotopic (exact) mass is 918 g/mol. The van der Waals surface area contributed by atoms with E-state index in [1.165, 1.54) is 122 Å². The molecule has 348 valence electrons. The van der Waals surface area contributed by atoms with Gasteiger partial charge in [-0.25, -0.2) is 4.98 Å². The molecule has 0 bridgehead atoms. The van der Waals surface area contributed by atoms with Crippen LogP contribution < -0.4 is 0 Å². The molecule has 7 aliphatic rings. The lowest BCUT2D eigenvalue weighted by Gasteiger charge is -2.44. The molecule has 0 saturated heterocycles. The molecule has 0 amide bonds. The summed E-state index contributed by atoms with van der Waals surface area (Å²) in [4.78, 5) is 5.30. The molecule has 0 radical (unpaired) electrons. The molecule has 2 heteroatoms. The van der Waals surface area contributed by atoms with E-state index in [-0.39, 0.29) is 11.8 Å². The van der Waals surface area contributed by atoms with Crippen molar-refractivity contribution in [3.05, 3.63) is 262 Å². The van der Waals surface area contributed by atoms with Gasteiger partial charge in [0.15, 0.2) is 0 Å². The van der Waals surface area contributed by atoms with Crippen molar-refractivity contribution in [2.45, 2.75) is 88.4 Å². The van der Waals surface area contributed by atoms with E-state index in [9.17, 15) is 0 Å². The Morgan fingerprint density at radius 1 is 0.535 bits per heavy atom. The van der Waals surface area contributed by atoms with E-state index in [0.29, 0.717) is 17.8 Å². The van der Waals surface area contributed by atoms with Crippen LogP contribution in [0.4, 0.5) is 0 Å². The molecular formula is C69H62N2. The summed E-state index contributed by atoms with van der Waals surface area (Å²) in [6, 6.07) is 46.5. The fourth-order valence-corrected chi connectivity index (χ4v) is 13.0. The molecule has 7 aliphatic carbocycles. The highest BCUT2D eigenvalue weighted by Gasteiger charge is 2.42. The first-order valence-corrected chi connectivity index (χ1v) is 26.7. The van der Waals surface area contributed by atoms with E-state index in [4.69, 9.17) is 4.98 Å². The van der Waals surface area contributed by atoms with Gasteiger partial charge in [0.2, 0.25) is 0 Å². The molecule has 0 aliphatic heterocycles. The number of aryl methyl sites for hydroxylation is 1. The van der Waals surface area contributed by atoms with Crippen LogP contribution in [0, 0.1) is 11.8 Å². The van der Waals surface area contributed by atoms with Gasteiger partial charge in [-0.05, 0) is 179 Å². The second-order valence-corrected chi connectivity index (χ2v) is 20.9. The largest absolute Gasteiger partial charge is 0.293 e. The molecule has 0 fully saturated rings. The van der Waals surface area contributed by atoms with Crippen molar-refractivity contribution in [3.63, 3.8) is 0 Å². The zero-order chi connectivity index (χ0) is 47.1. The standard InChI is InChI=1S/C69H62N2/c1-6-20-47(21-7-1)54-40-55(48-22-8-2-9-23-48)43-58(42-54)67-61-30-16-17-31-62(61)68(59-44-56(49-24-10-3-11-25-49)41-57(45-59)50-26-12-4-13-27-50)64-46-53(38-39-63(64)67)51-34-36-52(37-35-51)69-70-65-32-18-19-33-66(65)71(69)60-28-14-5-15-29-60/h1,3,5-8,10-11,14-17,19-22,24,26,28-29,31,33-46,48-49,61,63,67H,2,4,9,12-13,18,23,25,27,30,32H2. The summed E-state index contributed by atoms with van der Waals surface area (Å²) in [5.41, 5.74) is 22.8. The highest BCUT2D eigenvalue weighted by atomic mass is 15.1. The van der Waals surface area contributed by atoms with Crippen molar-refractivity contribution in [2.24, 2.45) is 11.8 Å². The number of hydrogen-bond donors (Lipinski definition) is 0. The van der Waals surface area contributed by atoms with Gasteiger partial charge in [-0.3, -0.25) is 4.57 Å². The SMILES string of the molecule is C1=CCC(c2cc(C3=CCCCC3)cc(C3=C4C=C(c5ccc(-c6nc7c(n6-c6ccccc6)C=CCC7)cc5)C=CC4C(c4cc(-c5ccccc5)cc(C5C=CCCC5)c4)C4CC=CC=C34)c2)C=C1. The van der Waals surface area contributed by atoms with Gasteiger partial charge >= 0.3 is 0 Å². The predicted molar refractivity (Wildman–Crippen MR) is 298 cm³/mol. The third-order valence-electron chi connectivity index (χ3n) is 16.5. The quantitative estimate of drug-likeness (QED) is 0.132. The smallest absolute Gasteiger partial charge is 0.145 e. The first kappa shape index (κ1) is 43.7. The Labute approximate surface area is 421 Å². The number of imidazole rings is 1. The summed E-state index contributed by atoms with van der Waals surface area (Å²) in [6.07, 6.45) is 48.7. The van der Waals surface area contributed by atoms with Crippen LogP contribution in [0.5, 0.6) is 0 Å². The zero-order valence-electron chi connectivity index (χ0n) is 40.8. The summed E-state index contributed by atoms with van der Waals surface area (Å²) in [7, 11) is 0. The minimum Gasteiger partial charge on any atom is -0.293 e. The predicted octanol–water partition coefficient (Wildman–Crippen LogP) is 17.9. The Balaban J connectivity index is 0.988. The van der Waals surface area contributed by atoms with Crippen LogP contribution in [0.15, 0.2) is 218 Å². The van der Waals surface area contributed by atoms with Crippen LogP contribution in [0.3, 0.4) is 0 Å². The summed E-state index contributed by atoms with van der Waals surface area (Å²) >= 11 is 0. The van der Waals surface area contributed by atoms with Crippen molar-refractivity contribution < 1.29 is 0 Å². The number of hydrogen-bond acceptors (Lipinski definition) is 1. The molecule has 6 aromatic rings. The maximum atomic E-state index is 5.30. The first-order valence-electron chi connectivity index (χ1n) is 26.7. The van der Waals surface area contributed by atoms with Crippen molar-refractivity contribution in [1.29, 1.82) is 0 Å². The molecule has 5 unspecified atom stereocenters. The summed E-state index contributed by atoms with van der Waals surface area (Å²) in [6.45, 7) is 0. The topological polar surface area (TPSA) is 17.8 Å². The molecule has 13 rings (SSSR count). The number of nitrogens with zero attached hydrogens (tertiary/aromatic N) is 2. The van der Waals surface area contributed by atoms with Gasteiger partial charge in [0, 0.05) is 34.9 Å². The lowest BCUT2D eigenvalue weighted by atomic mass is 9.59. The van der Waals surface area contributed by atoms with Crippen LogP contribution in [0.2, 0.25) is 0 Å². The summed E-state index contributed by atoms with van der Waals surface area (Å²) in [5.74, 6) is 2.59. The van der Waals surface area contributed by atoms with E-state index >= 15 is 0 Å². The van der Waals surface area contributed by atoms with E-state index in [1.807, 2.05) is 0 Å². The van der Waals surface area contributed by atoms with Gasteiger partial charge in [-0.2, -0.15) is 0 Å². The van der Waals surface area contributed by atoms with Gasteiger partial charge in [0.25, 0.3) is 0 Å². The number of benzene rings is 5. The molecule has 0 N–H and O–H groups in total. The van der Waals surface area contributed by atoms with Crippen LogP contribution in [-0.4, -0.2) is 9.55 Å². The maximum absolute atomic E-state index is 5.30. The lowest BCUT2D eigenvalue weighted by molar-refractivity contribution is 0.419. The number of allylic oxidation sites excluding steroid dienone is 19. The Morgan fingerprint density at radius 2 is 1.34 bits per heavy atom. The Hall–Kier alpha value is -7.29. The fourth-order valence-electron chi connectivity index (χ4n) is 13.0. The Morgan fingerprint density at radius 3 is 2.15 bits per heavy atom. The van der Waals surface area contributed by atoms with Crippen molar-refractivity contribution in [1.82, 2.24) is 9.55 Å². The summed E-state index contributed by atoms with van der Waals surface area (Å²) in [5, 5.41) is 0. The highest BCUT2D eigenvalue weighted by Crippen LogP contribution is 2.57. The fraction of sp³-hybridized carbons (Fsp3) is 0.232. The second kappa shape index (κ2) is 19.1. The van der Waals surface area contributed by atoms with Gasteiger partial charge in [-0.1, -0.05) is 182 Å². The third kappa shape index (κ3) is 8.42. The number of rotatable bonds is 9. The van der Waals surface area contributed by atoms with Gasteiger partial charge in [0.05, 0.1) is 11.4 Å². The van der Waals surface area contributed by atoms with E-state index in [1.54, 1.807) is 0 Å². The minimum atomic E-state index is 0.193. The van der Waals surface area contributed by atoms with Crippen molar-refractivity contribution >= 4 is 22.8 Å². The molecule has 1 aromatic heterocycles. The van der Waals surface area contributed by atoms with Crippen LogP contribution in [0.25, 0.3) is 51.0 Å². The lowest BCUT2D eigenvalue weighted by Crippen LogP contribution is -2.31. The minimum absolute atomic E-state index is 0.193. The zero-order valence-corrected chi connectivity index (χ0v) is 40.8. The number of para-hydroxylation sites is 1. The van der Waals surface area contributed by atoms with E-state index < -0.39 is 0 Å². The molecule has 1 heterocycles. The Kier molecular flexibility index (Phi) is 11.8. The van der Waals surface area contributed by atoms with Gasteiger partial charge in [-0.15, -0.1) is 0 Å². The van der Waals surface area contributed by atoms with Crippen LogP contribution in [-0.2, 0) is 6.42 Å². The molecule has 0 spiro atoms. The average Bonchev–Trinajstić information content (AvgIpc) is 3.85. The first-order chi connectivity index (χ1) is 35.2. The Bertz CT molecular complexity index is 3330. The van der Waals surface area contributed by atoms with E-state index in [2.05, 4.69) is 217 Å². The normalized spacial score (nSPS) is 23.2. The van der Waals surface area contributed by atoms with Crippen molar-refractivity contribution in [3.8, 4) is 28.2 Å². The second-order valence-electron chi connectivity index (χ2n) is 20.9. The number of fused-ring (bicyclic) bond motifs is 3. The molecule has 5 aromatic carbocycles. The summed E-state index contributed by atoms with van der Waals surface area (Å²) < 4.78 is 2.35. The third-order valence-corrected chi connectivity index (χ3v) is 16.5. The molecule has 71 heavy (non-hydrogen) atoms. The molecule has 0 saturated carbocycles. The molecular weight excluding hydrogens is 857 g/mol. The molecule has 2 nitrogen and oxygen atoms in total. The van der Waals surface area contributed by atoms with Gasteiger partial charge in [0.1, 0.15) is 5.82 Å². The van der Waals surface area contributed by atoms with Gasteiger partial charge < -0.3 is 0 Å². The molecule has 5 atom stereocenters. The van der Waals surface area contributed by atoms with Crippen molar-refractivity contribution in [2.75, 3.05) is 0 Å². The average molecular weight is 919 g/mol. The number of aromatic nitrogens is 2. The maximum Gasteiger partial charge on any atom is 0.145 e. The highest BCUT2D eigenvalue weighted by molar-refractivity contribution is 5.92. The van der Waals surface area contributed by atoms with Crippen LogP contribution in [0.1, 0.15) is 127 Å². The van der Waals surface area contributed by atoms with Crippen LogP contribution >= 0.6 is 0 Å². The van der Waals surface area contributed by atoms with E-state index in [0.717, 1.165) is 49.2 Å².